The summed E-state index contributed by atoms with van der Waals surface area (Å²) < 4.78 is 0. The zero-order valence-corrected chi connectivity index (χ0v) is 12.0. The van der Waals surface area contributed by atoms with Crippen LogP contribution >= 0.6 is 0 Å². The van der Waals surface area contributed by atoms with Crippen molar-refractivity contribution in [3.05, 3.63) is 35.4 Å². The van der Waals surface area contributed by atoms with Gasteiger partial charge in [0.2, 0.25) is 0 Å². The SMILES string of the molecule is CCCCNC(C#N)c1ccc(C(C)(C)C)cc1. The number of rotatable bonds is 5. The number of hydrogen-bond acceptors (Lipinski definition) is 2. The van der Waals surface area contributed by atoms with E-state index in [0.717, 1.165) is 24.9 Å². The van der Waals surface area contributed by atoms with Gasteiger partial charge in [0, 0.05) is 0 Å². The van der Waals surface area contributed by atoms with Gasteiger partial charge in [0.15, 0.2) is 0 Å². The maximum atomic E-state index is 9.20. The highest BCUT2D eigenvalue weighted by molar-refractivity contribution is 5.31. The Bertz CT molecular complexity index is 393. The second-order valence-electron chi connectivity index (χ2n) is 5.74. The Kier molecular flexibility index (Phi) is 5.37. The Hall–Kier alpha value is -1.33. The zero-order chi connectivity index (χ0) is 13.6. The largest absolute Gasteiger partial charge is 0.298 e. The van der Waals surface area contributed by atoms with Gasteiger partial charge in [0.25, 0.3) is 0 Å². The van der Waals surface area contributed by atoms with Crippen LogP contribution in [-0.4, -0.2) is 6.54 Å². The quantitative estimate of drug-likeness (QED) is 0.796. The van der Waals surface area contributed by atoms with Crippen molar-refractivity contribution in [3.8, 4) is 6.07 Å². The predicted molar refractivity (Wildman–Crippen MR) is 76.4 cm³/mol. The molecule has 0 amide bonds. The number of hydrogen-bond donors (Lipinski definition) is 1. The maximum Gasteiger partial charge on any atom is 0.121 e. The van der Waals surface area contributed by atoms with Crippen LogP contribution in [0.4, 0.5) is 0 Å². The molecule has 1 unspecified atom stereocenters. The summed E-state index contributed by atoms with van der Waals surface area (Å²) in [7, 11) is 0. The Morgan fingerprint density at radius 2 is 1.83 bits per heavy atom. The second kappa shape index (κ2) is 6.56. The Morgan fingerprint density at radius 3 is 2.28 bits per heavy atom. The highest BCUT2D eigenvalue weighted by Gasteiger charge is 2.15. The van der Waals surface area contributed by atoms with Gasteiger partial charge in [0.05, 0.1) is 6.07 Å². The third kappa shape index (κ3) is 4.16. The minimum absolute atomic E-state index is 0.163. The maximum absolute atomic E-state index is 9.20. The van der Waals surface area contributed by atoms with Crippen LogP contribution in [0.15, 0.2) is 24.3 Å². The van der Waals surface area contributed by atoms with Gasteiger partial charge in [-0.1, -0.05) is 58.4 Å². The van der Waals surface area contributed by atoms with Crippen molar-refractivity contribution in [1.82, 2.24) is 5.32 Å². The third-order valence-corrected chi connectivity index (χ3v) is 3.12. The van der Waals surface area contributed by atoms with Crippen molar-refractivity contribution < 1.29 is 0 Å². The third-order valence-electron chi connectivity index (χ3n) is 3.12. The molecule has 1 rings (SSSR count). The molecule has 0 radical (unpaired) electrons. The van der Waals surface area contributed by atoms with Crippen LogP contribution in [-0.2, 0) is 5.41 Å². The van der Waals surface area contributed by atoms with E-state index in [9.17, 15) is 5.26 Å². The van der Waals surface area contributed by atoms with E-state index in [-0.39, 0.29) is 11.5 Å². The lowest BCUT2D eigenvalue weighted by Gasteiger charge is -2.20. The van der Waals surface area contributed by atoms with E-state index in [1.54, 1.807) is 0 Å². The van der Waals surface area contributed by atoms with Crippen LogP contribution in [0, 0.1) is 11.3 Å². The van der Waals surface area contributed by atoms with Crippen LogP contribution in [0.25, 0.3) is 0 Å². The van der Waals surface area contributed by atoms with E-state index in [1.807, 2.05) is 0 Å². The second-order valence-corrected chi connectivity index (χ2v) is 5.74. The van der Waals surface area contributed by atoms with E-state index >= 15 is 0 Å². The molecule has 1 atom stereocenters. The molecule has 0 saturated carbocycles. The highest BCUT2D eigenvalue weighted by Crippen LogP contribution is 2.23. The summed E-state index contributed by atoms with van der Waals surface area (Å²) in [4.78, 5) is 0. The lowest BCUT2D eigenvalue weighted by atomic mass is 9.86. The van der Waals surface area contributed by atoms with Gasteiger partial charge < -0.3 is 0 Å². The molecule has 0 aliphatic heterocycles. The van der Waals surface area contributed by atoms with Gasteiger partial charge in [-0.15, -0.1) is 0 Å². The molecule has 98 valence electrons. The fraction of sp³-hybridized carbons (Fsp3) is 0.562. The molecule has 0 spiro atoms. The van der Waals surface area contributed by atoms with Gasteiger partial charge in [-0.2, -0.15) is 5.26 Å². The van der Waals surface area contributed by atoms with E-state index in [0.29, 0.717) is 0 Å². The first-order valence-corrected chi connectivity index (χ1v) is 6.72. The summed E-state index contributed by atoms with van der Waals surface area (Å²) in [5.74, 6) is 0. The average Bonchev–Trinajstić information content (AvgIpc) is 2.34. The first-order chi connectivity index (χ1) is 8.49. The topological polar surface area (TPSA) is 35.8 Å². The van der Waals surface area contributed by atoms with Crippen molar-refractivity contribution in [1.29, 1.82) is 5.26 Å². The summed E-state index contributed by atoms with van der Waals surface area (Å²) in [5, 5.41) is 12.5. The van der Waals surface area contributed by atoms with E-state index in [4.69, 9.17) is 0 Å². The summed E-state index contributed by atoms with van der Waals surface area (Å²) in [5.41, 5.74) is 2.52. The monoisotopic (exact) mass is 244 g/mol. The lowest BCUT2D eigenvalue weighted by Crippen LogP contribution is -2.21. The molecule has 1 aromatic carbocycles. The number of nitriles is 1. The molecule has 0 aromatic heterocycles. The molecule has 0 aliphatic carbocycles. The zero-order valence-electron chi connectivity index (χ0n) is 12.0. The number of nitrogens with zero attached hydrogens (tertiary/aromatic N) is 1. The summed E-state index contributed by atoms with van der Waals surface area (Å²) in [6, 6.07) is 10.5. The van der Waals surface area contributed by atoms with Crippen molar-refractivity contribution in [2.45, 2.75) is 52.0 Å². The molecule has 1 aromatic rings. The molecule has 2 nitrogen and oxygen atoms in total. The van der Waals surface area contributed by atoms with Gasteiger partial charge >= 0.3 is 0 Å². The van der Waals surface area contributed by atoms with Crippen LogP contribution in [0.3, 0.4) is 0 Å². The predicted octanol–water partition coefficient (Wildman–Crippen LogP) is 3.94. The van der Waals surface area contributed by atoms with Gasteiger partial charge in [0.1, 0.15) is 6.04 Å². The van der Waals surface area contributed by atoms with Crippen molar-refractivity contribution >= 4 is 0 Å². The summed E-state index contributed by atoms with van der Waals surface area (Å²) in [6.07, 6.45) is 2.26. The molecule has 0 heterocycles. The Labute approximate surface area is 111 Å². The minimum Gasteiger partial charge on any atom is -0.298 e. The molecule has 0 saturated heterocycles. The molecule has 0 bridgehead atoms. The summed E-state index contributed by atoms with van der Waals surface area (Å²) >= 11 is 0. The molecule has 18 heavy (non-hydrogen) atoms. The van der Waals surface area contributed by atoms with E-state index in [1.165, 1.54) is 5.56 Å². The number of benzene rings is 1. The smallest absolute Gasteiger partial charge is 0.121 e. The van der Waals surface area contributed by atoms with E-state index < -0.39 is 0 Å². The lowest BCUT2D eigenvalue weighted by molar-refractivity contribution is 0.584. The fourth-order valence-corrected chi connectivity index (χ4v) is 1.84. The normalized spacial score (nSPS) is 13.1. The molecule has 1 N–H and O–H groups in total. The minimum atomic E-state index is -0.189. The molecular weight excluding hydrogens is 220 g/mol. The van der Waals surface area contributed by atoms with E-state index in [2.05, 4.69) is 63.3 Å². The number of nitrogens with one attached hydrogen (secondary N) is 1. The Balaban J connectivity index is 2.74. The molecule has 0 aliphatic rings. The highest BCUT2D eigenvalue weighted by atomic mass is 14.9. The van der Waals surface area contributed by atoms with Crippen LogP contribution in [0.1, 0.15) is 57.7 Å². The molecule has 2 heteroatoms. The van der Waals surface area contributed by atoms with Crippen molar-refractivity contribution in [2.75, 3.05) is 6.54 Å². The fourth-order valence-electron chi connectivity index (χ4n) is 1.84. The van der Waals surface area contributed by atoms with Crippen LogP contribution < -0.4 is 5.32 Å². The van der Waals surface area contributed by atoms with Gasteiger partial charge in [-0.05, 0) is 29.5 Å². The number of unbranched alkanes of at least 4 members (excludes halogenated alkanes) is 1. The average molecular weight is 244 g/mol. The van der Waals surface area contributed by atoms with Crippen molar-refractivity contribution in [3.63, 3.8) is 0 Å². The standard InChI is InChI=1S/C16H24N2/c1-5-6-11-18-15(12-17)13-7-9-14(10-8-13)16(2,3)4/h7-10,15,18H,5-6,11H2,1-4H3. The van der Waals surface area contributed by atoms with Gasteiger partial charge in [-0.25, -0.2) is 0 Å². The Morgan fingerprint density at radius 1 is 1.22 bits per heavy atom. The van der Waals surface area contributed by atoms with Crippen LogP contribution in [0.2, 0.25) is 0 Å². The first-order valence-electron chi connectivity index (χ1n) is 6.72. The molecular formula is C16H24N2. The molecule has 0 fully saturated rings. The van der Waals surface area contributed by atoms with Crippen molar-refractivity contribution in [2.24, 2.45) is 0 Å². The van der Waals surface area contributed by atoms with Crippen LogP contribution in [0.5, 0.6) is 0 Å². The summed E-state index contributed by atoms with van der Waals surface area (Å²) in [6.45, 7) is 9.65. The first kappa shape index (κ1) is 14.7. The van der Waals surface area contributed by atoms with Gasteiger partial charge in [-0.3, -0.25) is 5.32 Å².